The Labute approximate surface area is 173 Å². The molecule has 0 unspecified atom stereocenters. The number of hydrogen-bond acceptors (Lipinski definition) is 6. The maximum atomic E-state index is 12.4. The van der Waals surface area contributed by atoms with E-state index in [2.05, 4.69) is 4.99 Å². The highest BCUT2D eigenvalue weighted by Crippen LogP contribution is 2.33. The van der Waals surface area contributed by atoms with Gasteiger partial charge in [0.2, 0.25) is 0 Å². The highest BCUT2D eigenvalue weighted by Gasteiger charge is 2.13. The van der Waals surface area contributed by atoms with Crippen molar-refractivity contribution < 1.29 is 23.7 Å². The van der Waals surface area contributed by atoms with Gasteiger partial charge in [-0.2, -0.15) is 4.99 Å². The molecule has 0 atom stereocenters. The summed E-state index contributed by atoms with van der Waals surface area (Å²) < 4.78 is 24.5. The topological polar surface area (TPSA) is 71.3 Å². The van der Waals surface area contributed by atoms with E-state index in [1.807, 2.05) is 47.0 Å². The fraction of sp³-hybridized carbons (Fsp3) is 0.333. The fourth-order valence-corrected chi connectivity index (χ4v) is 3.90. The lowest BCUT2D eigenvalue weighted by Gasteiger charge is -2.09. The summed E-state index contributed by atoms with van der Waals surface area (Å²) in [6.07, 6.45) is 0.195. The Balaban J connectivity index is 1.86. The molecule has 154 valence electrons. The van der Waals surface area contributed by atoms with Gasteiger partial charge >= 0.3 is 0 Å². The van der Waals surface area contributed by atoms with Crippen LogP contribution in [0, 0.1) is 0 Å². The number of para-hydroxylation sites is 1. The second kappa shape index (κ2) is 10.1. The zero-order valence-corrected chi connectivity index (χ0v) is 17.5. The fourth-order valence-electron chi connectivity index (χ4n) is 2.82. The highest BCUT2D eigenvalue weighted by molar-refractivity contribution is 7.16. The molecule has 29 heavy (non-hydrogen) atoms. The number of hydrogen-bond donors (Lipinski definition) is 0. The van der Waals surface area contributed by atoms with Crippen molar-refractivity contribution in [2.75, 3.05) is 34.5 Å². The van der Waals surface area contributed by atoms with Crippen molar-refractivity contribution >= 4 is 27.5 Å². The molecule has 0 saturated heterocycles. The highest BCUT2D eigenvalue weighted by atomic mass is 32.1. The van der Waals surface area contributed by atoms with Crippen LogP contribution >= 0.6 is 11.3 Å². The summed E-state index contributed by atoms with van der Waals surface area (Å²) in [6.45, 7) is 1.34. The summed E-state index contributed by atoms with van der Waals surface area (Å²) in [7, 11) is 4.83. The molecule has 3 aromatic rings. The Kier molecular flexibility index (Phi) is 7.26. The normalized spacial score (nSPS) is 11.6. The van der Waals surface area contributed by atoms with Gasteiger partial charge in [0.25, 0.3) is 5.91 Å². The number of nitrogens with zero attached hydrogens (tertiary/aromatic N) is 2. The van der Waals surface area contributed by atoms with Gasteiger partial charge in [-0.3, -0.25) is 4.79 Å². The van der Waals surface area contributed by atoms with Gasteiger partial charge in [-0.05, 0) is 12.1 Å². The lowest BCUT2D eigenvalue weighted by molar-refractivity contribution is -0.118. The minimum atomic E-state index is -0.238. The van der Waals surface area contributed by atoms with Crippen LogP contribution in [0.5, 0.6) is 17.2 Å². The van der Waals surface area contributed by atoms with Crippen molar-refractivity contribution in [3.63, 3.8) is 0 Å². The molecule has 8 heteroatoms. The molecule has 0 spiro atoms. The summed E-state index contributed by atoms with van der Waals surface area (Å²) in [5, 5.41) is 0. The molecule has 2 aromatic carbocycles. The number of thiazole rings is 1. The Morgan fingerprint density at radius 3 is 2.45 bits per heavy atom. The molecular weight excluding hydrogens is 392 g/mol. The molecule has 0 aliphatic carbocycles. The Hall–Kier alpha value is -2.84. The van der Waals surface area contributed by atoms with Gasteiger partial charge in [-0.15, -0.1) is 0 Å². The first-order valence-electron chi connectivity index (χ1n) is 9.16. The monoisotopic (exact) mass is 416 g/mol. The van der Waals surface area contributed by atoms with Crippen LogP contribution < -0.4 is 19.0 Å². The summed E-state index contributed by atoms with van der Waals surface area (Å²) in [4.78, 5) is 17.3. The van der Waals surface area contributed by atoms with Crippen LogP contribution in [0.3, 0.4) is 0 Å². The van der Waals surface area contributed by atoms with E-state index in [1.165, 1.54) is 11.3 Å². The molecule has 3 rings (SSSR count). The van der Waals surface area contributed by atoms with Crippen molar-refractivity contribution in [3.8, 4) is 17.2 Å². The zero-order chi connectivity index (χ0) is 20.6. The second-order valence-corrected chi connectivity index (χ2v) is 7.13. The summed E-state index contributed by atoms with van der Waals surface area (Å²) in [5.74, 6) is 1.75. The van der Waals surface area contributed by atoms with Gasteiger partial charge in [0.1, 0.15) is 5.75 Å². The zero-order valence-electron chi connectivity index (χ0n) is 16.7. The van der Waals surface area contributed by atoms with Gasteiger partial charge in [0.15, 0.2) is 16.3 Å². The van der Waals surface area contributed by atoms with Gasteiger partial charge in [0.05, 0.1) is 44.1 Å². The van der Waals surface area contributed by atoms with E-state index >= 15 is 0 Å². The number of methoxy groups -OCH3 is 3. The van der Waals surface area contributed by atoms with Crippen LogP contribution in [0.2, 0.25) is 0 Å². The molecule has 0 fully saturated rings. The van der Waals surface area contributed by atoms with E-state index in [0.29, 0.717) is 29.5 Å². The molecule has 0 N–H and O–H groups in total. The van der Waals surface area contributed by atoms with Gasteiger partial charge in [0, 0.05) is 25.8 Å². The Bertz CT molecular complexity index is 1030. The molecule has 0 aliphatic heterocycles. The predicted molar refractivity (Wildman–Crippen MR) is 112 cm³/mol. The molecular formula is C21H24N2O5S. The molecule has 7 nitrogen and oxygen atoms in total. The number of benzene rings is 2. The summed E-state index contributed by atoms with van der Waals surface area (Å²) in [6, 6.07) is 13.2. The summed E-state index contributed by atoms with van der Waals surface area (Å²) in [5.41, 5.74) is 0.914. The Morgan fingerprint density at radius 2 is 1.76 bits per heavy atom. The summed E-state index contributed by atoms with van der Waals surface area (Å²) >= 11 is 1.42. The predicted octanol–water partition coefficient (Wildman–Crippen LogP) is 3.26. The average Bonchev–Trinajstić information content (AvgIpc) is 3.07. The van der Waals surface area contributed by atoms with Crippen LogP contribution in [0.25, 0.3) is 10.2 Å². The van der Waals surface area contributed by atoms with Gasteiger partial charge in [-0.1, -0.05) is 29.5 Å². The molecule has 0 bridgehead atoms. The minimum absolute atomic E-state index is 0.195. The number of carbonyl (C=O) groups is 1. The minimum Gasteiger partial charge on any atom is -0.493 e. The van der Waals surface area contributed by atoms with Crippen molar-refractivity contribution in [1.82, 2.24) is 4.57 Å². The molecule has 1 amide bonds. The van der Waals surface area contributed by atoms with E-state index in [-0.39, 0.29) is 18.9 Å². The number of fused-ring (bicyclic) bond motifs is 1. The third-order valence-electron chi connectivity index (χ3n) is 4.26. The number of rotatable bonds is 9. The van der Waals surface area contributed by atoms with Crippen LogP contribution in [0.1, 0.15) is 6.42 Å². The maximum absolute atomic E-state index is 12.4. The van der Waals surface area contributed by atoms with E-state index in [4.69, 9.17) is 18.9 Å². The third-order valence-corrected chi connectivity index (χ3v) is 5.30. The second-order valence-electron chi connectivity index (χ2n) is 6.12. The smallest absolute Gasteiger partial charge is 0.251 e. The largest absolute Gasteiger partial charge is 0.493 e. The van der Waals surface area contributed by atoms with Gasteiger partial charge in [-0.25, -0.2) is 0 Å². The number of ether oxygens (including phenoxy) is 4. The van der Waals surface area contributed by atoms with Crippen molar-refractivity contribution in [2.24, 2.45) is 4.99 Å². The number of carbonyl (C=O) groups excluding carboxylic acids is 1. The van der Waals surface area contributed by atoms with E-state index in [0.717, 1.165) is 16.0 Å². The van der Waals surface area contributed by atoms with Crippen LogP contribution in [-0.2, 0) is 16.1 Å². The molecule has 0 saturated carbocycles. The molecule has 0 aliphatic rings. The number of aromatic nitrogens is 1. The van der Waals surface area contributed by atoms with Crippen molar-refractivity contribution in [1.29, 1.82) is 0 Å². The Morgan fingerprint density at radius 1 is 1.03 bits per heavy atom. The molecule has 1 heterocycles. The van der Waals surface area contributed by atoms with E-state index in [1.54, 1.807) is 21.3 Å². The van der Waals surface area contributed by atoms with E-state index < -0.39 is 0 Å². The SMILES string of the molecule is COCCn1c(=NC(=O)CCOc2ccccc2)sc2cc(OC)c(OC)cc21. The van der Waals surface area contributed by atoms with Crippen molar-refractivity contribution in [2.45, 2.75) is 13.0 Å². The van der Waals surface area contributed by atoms with E-state index in [9.17, 15) is 4.79 Å². The lowest BCUT2D eigenvalue weighted by Crippen LogP contribution is -2.19. The van der Waals surface area contributed by atoms with Crippen LogP contribution in [0.15, 0.2) is 47.5 Å². The lowest BCUT2D eigenvalue weighted by atomic mass is 10.3. The number of amides is 1. The maximum Gasteiger partial charge on any atom is 0.251 e. The van der Waals surface area contributed by atoms with Crippen molar-refractivity contribution in [3.05, 3.63) is 47.3 Å². The third kappa shape index (κ3) is 5.16. The van der Waals surface area contributed by atoms with Gasteiger partial charge < -0.3 is 23.5 Å². The van der Waals surface area contributed by atoms with Crippen LogP contribution in [-0.4, -0.2) is 45.0 Å². The van der Waals surface area contributed by atoms with Crippen LogP contribution in [0.4, 0.5) is 0 Å². The standard InChI is InChI=1S/C21H24N2O5S/c1-25-12-10-23-16-13-17(26-2)18(27-3)14-19(16)29-21(23)22-20(24)9-11-28-15-7-5-4-6-8-15/h4-8,13-14H,9-12H2,1-3H3. The average molecular weight is 416 g/mol. The quantitative estimate of drug-likeness (QED) is 0.535. The molecule has 0 radical (unpaired) electrons. The molecule has 1 aromatic heterocycles. The first-order chi connectivity index (χ1) is 14.2. The first-order valence-corrected chi connectivity index (χ1v) is 9.97. The first kappa shape index (κ1) is 20.9.